The second-order valence-corrected chi connectivity index (χ2v) is 9.36. The van der Waals surface area contributed by atoms with Crippen molar-refractivity contribution >= 4 is 29.1 Å². The Labute approximate surface area is 234 Å². The number of hydrogen-bond donors (Lipinski definition) is 0. The maximum atomic E-state index is 4.60. The van der Waals surface area contributed by atoms with Crippen molar-refractivity contribution in [2.75, 3.05) is 4.81 Å². The van der Waals surface area contributed by atoms with Crippen LogP contribution in [0.4, 0.5) is 11.4 Å². The molecule has 6 aromatic rings. The number of anilines is 2. The number of nitrogens with zero attached hydrogens (tertiary/aromatic N) is 6. The fourth-order valence-corrected chi connectivity index (χ4v) is 5.76. The van der Waals surface area contributed by atoms with Crippen molar-refractivity contribution in [1.29, 1.82) is 0 Å². The zero-order valence-electron chi connectivity index (χ0n) is 20.3. The largest absolute Gasteiger partial charge is 2.00 e. The Morgan fingerprint density at radius 3 is 1.97 bits per heavy atom. The summed E-state index contributed by atoms with van der Waals surface area (Å²) in [5, 5.41) is 8.73. The molecule has 2 aromatic heterocycles. The van der Waals surface area contributed by atoms with Crippen molar-refractivity contribution in [3.63, 3.8) is 0 Å². The Kier molecular flexibility index (Phi) is 5.24. The van der Waals surface area contributed by atoms with Crippen LogP contribution in [0.1, 0.15) is 0 Å². The standard InChI is InChI=1S/C30H19BN6.Pt/c1-35-17-16-32-30(35)20-10-12-22-24-6-2-4-8-28(24)36-29-9-5-3-7-25(29)23-13-11-21(37-33-14-15-34-37)19-27(23)31(36)26(22)18-20;/h2-17H,1H3;/q-2;+2. The van der Waals surface area contributed by atoms with Crippen LogP contribution in [0.3, 0.4) is 0 Å². The molecule has 0 amide bonds. The molecule has 6 nitrogen and oxygen atoms in total. The zero-order chi connectivity index (χ0) is 24.5. The third-order valence-corrected chi connectivity index (χ3v) is 7.35. The monoisotopic (exact) mass is 669 g/mol. The first-order chi connectivity index (χ1) is 18.3. The average Bonchev–Trinajstić information content (AvgIpc) is 3.64. The maximum Gasteiger partial charge on any atom is 2.00 e. The molecule has 0 bridgehead atoms. The number of hydrogen-bond acceptors (Lipinski definition) is 4. The zero-order valence-corrected chi connectivity index (χ0v) is 22.6. The van der Waals surface area contributed by atoms with Gasteiger partial charge in [0.1, 0.15) is 0 Å². The second kappa shape index (κ2) is 8.68. The van der Waals surface area contributed by atoms with Crippen molar-refractivity contribution in [2.45, 2.75) is 0 Å². The third kappa shape index (κ3) is 3.22. The first-order valence-corrected chi connectivity index (χ1v) is 12.2. The van der Waals surface area contributed by atoms with Gasteiger partial charge in [-0.05, 0) is 23.4 Å². The van der Waals surface area contributed by atoms with Crippen LogP contribution < -0.4 is 15.7 Å². The summed E-state index contributed by atoms with van der Waals surface area (Å²) in [5.74, 6) is 0.892. The molecule has 0 N–H and O–H groups in total. The maximum absolute atomic E-state index is 4.60. The summed E-state index contributed by atoms with van der Waals surface area (Å²) in [5.41, 5.74) is 11.0. The Hall–Kier alpha value is -4.22. The van der Waals surface area contributed by atoms with Gasteiger partial charge in [0, 0.05) is 30.8 Å². The molecular weight excluding hydrogens is 650 g/mol. The molecule has 8 heteroatoms. The molecule has 4 heterocycles. The molecule has 0 spiro atoms. The number of rotatable bonds is 2. The average molecular weight is 669 g/mol. The molecular formula is C30H19BN6Pt. The van der Waals surface area contributed by atoms with Crippen LogP contribution in [0, 0.1) is 12.1 Å². The Bertz CT molecular complexity index is 1830. The van der Waals surface area contributed by atoms with E-state index in [1.807, 2.05) is 30.1 Å². The van der Waals surface area contributed by atoms with E-state index in [0.29, 0.717) is 0 Å². The summed E-state index contributed by atoms with van der Waals surface area (Å²) in [7, 11) is 2.01. The molecule has 0 saturated heterocycles. The summed E-state index contributed by atoms with van der Waals surface area (Å²) in [6.45, 7) is -0.120. The van der Waals surface area contributed by atoms with E-state index >= 15 is 0 Å². The van der Waals surface area contributed by atoms with Crippen molar-refractivity contribution in [3.8, 4) is 39.3 Å². The van der Waals surface area contributed by atoms with Gasteiger partial charge in [-0.3, -0.25) is 4.98 Å². The molecule has 2 aliphatic heterocycles. The third-order valence-electron chi connectivity index (χ3n) is 7.35. The van der Waals surface area contributed by atoms with Gasteiger partial charge in [-0.25, -0.2) is 0 Å². The molecule has 0 aliphatic carbocycles. The predicted molar refractivity (Wildman–Crippen MR) is 146 cm³/mol. The van der Waals surface area contributed by atoms with Crippen LogP contribution in [-0.4, -0.2) is 31.4 Å². The molecule has 0 unspecified atom stereocenters. The SMILES string of the molecule is Cn1ccnc1-c1[c-]c2c(cc1)-c1ccccc1N1B2c2[c-]c(-n3nccn3)ccc2-c2ccccc21.[Pt+2]. The van der Waals surface area contributed by atoms with E-state index in [-0.39, 0.29) is 27.9 Å². The molecule has 0 fully saturated rings. The van der Waals surface area contributed by atoms with Crippen LogP contribution in [0.2, 0.25) is 0 Å². The van der Waals surface area contributed by atoms with Gasteiger partial charge in [0.05, 0.1) is 18.2 Å². The quantitative estimate of drug-likeness (QED) is 0.205. The van der Waals surface area contributed by atoms with E-state index in [4.69, 9.17) is 0 Å². The summed E-state index contributed by atoms with van der Waals surface area (Å²) in [6, 6.07) is 33.3. The van der Waals surface area contributed by atoms with E-state index in [2.05, 4.69) is 98.9 Å². The first-order valence-electron chi connectivity index (χ1n) is 12.2. The minimum Gasteiger partial charge on any atom is -0.381 e. The van der Waals surface area contributed by atoms with E-state index in [0.717, 1.165) is 33.6 Å². The van der Waals surface area contributed by atoms with E-state index in [1.54, 1.807) is 17.2 Å². The van der Waals surface area contributed by atoms with Crippen LogP contribution in [0.15, 0.2) is 97.6 Å². The Balaban J connectivity index is 0.00000242. The summed E-state index contributed by atoms with van der Waals surface area (Å²) in [6.07, 6.45) is 7.17. The summed E-state index contributed by atoms with van der Waals surface area (Å²) < 4.78 is 2.03. The van der Waals surface area contributed by atoms with Crippen LogP contribution in [0.25, 0.3) is 39.3 Å². The molecule has 4 aromatic carbocycles. The van der Waals surface area contributed by atoms with Gasteiger partial charge in [0.2, 0.25) is 0 Å². The number of imidazole rings is 1. The number of para-hydroxylation sites is 2. The second-order valence-electron chi connectivity index (χ2n) is 9.36. The van der Waals surface area contributed by atoms with Gasteiger partial charge in [0.25, 0.3) is 6.85 Å². The first kappa shape index (κ1) is 22.9. The number of benzene rings is 4. The Morgan fingerprint density at radius 1 is 0.684 bits per heavy atom. The van der Waals surface area contributed by atoms with Gasteiger partial charge >= 0.3 is 21.1 Å². The summed E-state index contributed by atoms with van der Waals surface area (Å²) >= 11 is 0. The minimum absolute atomic E-state index is 0. The van der Waals surface area contributed by atoms with E-state index < -0.39 is 0 Å². The van der Waals surface area contributed by atoms with Gasteiger partial charge in [-0.2, -0.15) is 32.6 Å². The summed E-state index contributed by atoms with van der Waals surface area (Å²) in [4.78, 5) is 8.66. The van der Waals surface area contributed by atoms with Gasteiger partial charge < -0.3 is 9.38 Å². The normalized spacial score (nSPS) is 12.6. The molecule has 0 atom stereocenters. The van der Waals surface area contributed by atoms with Crippen LogP contribution in [0.5, 0.6) is 0 Å². The molecule has 0 saturated carbocycles. The molecule has 182 valence electrons. The van der Waals surface area contributed by atoms with Gasteiger partial charge in [-0.15, -0.1) is 46.4 Å². The smallest absolute Gasteiger partial charge is 0.381 e. The van der Waals surface area contributed by atoms with Crippen molar-refractivity contribution in [2.24, 2.45) is 7.05 Å². The topological polar surface area (TPSA) is 51.8 Å². The Morgan fingerprint density at radius 2 is 1.32 bits per heavy atom. The predicted octanol–water partition coefficient (Wildman–Crippen LogP) is 4.17. The molecule has 8 rings (SSSR count). The number of aryl methyl sites for hydroxylation is 1. The van der Waals surface area contributed by atoms with E-state index in [1.165, 1.54) is 28.1 Å². The van der Waals surface area contributed by atoms with E-state index in [9.17, 15) is 0 Å². The fourth-order valence-electron chi connectivity index (χ4n) is 5.76. The van der Waals surface area contributed by atoms with Crippen LogP contribution >= 0.6 is 0 Å². The van der Waals surface area contributed by atoms with Crippen molar-refractivity contribution in [1.82, 2.24) is 24.5 Å². The number of aromatic nitrogens is 5. The minimum atomic E-state index is -0.120. The molecule has 2 aliphatic rings. The molecule has 0 radical (unpaired) electrons. The van der Waals surface area contributed by atoms with Gasteiger partial charge in [-0.1, -0.05) is 42.0 Å². The number of fused-ring (bicyclic) bond motifs is 11. The van der Waals surface area contributed by atoms with Crippen molar-refractivity contribution in [3.05, 3.63) is 110 Å². The fraction of sp³-hybridized carbons (Fsp3) is 0.0333. The van der Waals surface area contributed by atoms with Crippen LogP contribution in [-0.2, 0) is 28.1 Å². The van der Waals surface area contributed by atoms with Crippen molar-refractivity contribution < 1.29 is 21.1 Å². The molecule has 38 heavy (non-hydrogen) atoms. The van der Waals surface area contributed by atoms with Gasteiger partial charge in [0.15, 0.2) is 0 Å².